The van der Waals surface area contributed by atoms with Crippen molar-refractivity contribution in [2.75, 3.05) is 6.61 Å². The molecule has 2 rings (SSSR count). The highest BCUT2D eigenvalue weighted by molar-refractivity contribution is 5.92. The fourth-order valence-electron chi connectivity index (χ4n) is 1.72. The summed E-state index contributed by atoms with van der Waals surface area (Å²) < 4.78 is 10.4. The van der Waals surface area contributed by atoms with E-state index in [4.69, 9.17) is 9.15 Å². The summed E-state index contributed by atoms with van der Waals surface area (Å²) in [7, 11) is 0. The molecule has 1 aromatic heterocycles. The van der Waals surface area contributed by atoms with Gasteiger partial charge in [0.2, 0.25) is 0 Å². The lowest BCUT2D eigenvalue weighted by Crippen LogP contribution is -2.43. The van der Waals surface area contributed by atoms with Crippen molar-refractivity contribution >= 4 is 17.9 Å². The minimum atomic E-state index is -0.470. The molecule has 6 nitrogen and oxygen atoms in total. The number of aryl methyl sites for hydroxylation is 1. The third kappa shape index (κ3) is 5.70. The summed E-state index contributed by atoms with van der Waals surface area (Å²) in [5.41, 5.74) is 5.70. The molecule has 0 radical (unpaired) electrons. The van der Waals surface area contributed by atoms with Gasteiger partial charge in [0, 0.05) is 6.08 Å². The number of hydrogen-bond acceptors (Lipinski definition) is 4. The first-order valence-corrected chi connectivity index (χ1v) is 7.19. The molecule has 0 aliphatic carbocycles. The molecule has 0 bridgehead atoms. The maximum atomic E-state index is 11.6. The normalized spacial score (nSPS) is 10.5. The molecule has 2 amide bonds. The van der Waals surface area contributed by atoms with E-state index in [1.165, 1.54) is 24.0 Å². The smallest absolute Gasteiger partial charge is 0.276 e. The van der Waals surface area contributed by atoms with E-state index < -0.39 is 11.8 Å². The Bertz CT molecular complexity index is 660. The monoisotopic (exact) mass is 314 g/mol. The van der Waals surface area contributed by atoms with E-state index in [0.29, 0.717) is 11.5 Å². The Morgan fingerprint density at radius 2 is 1.96 bits per heavy atom. The number of hydrazine groups is 1. The highest BCUT2D eigenvalue weighted by Gasteiger charge is 2.04. The van der Waals surface area contributed by atoms with E-state index in [1.54, 1.807) is 24.3 Å². The van der Waals surface area contributed by atoms with Gasteiger partial charge in [0.25, 0.3) is 11.8 Å². The largest absolute Gasteiger partial charge is 0.484 e. The Morgan fingerprint density at radius 1 is 1.17 bits per heavy atom. The Morgan fingerprint density at radius 3 is 2.61 bits per heavy atom. The van der Waals surface area contributed by atoms with E-state index in [9.17, 15) is 9.59 Å². The highest BCUT2D eigenvalue weighted by Crippen LogP contribution is 2.12. The van der Waals surface area contributed by atoms with Crippen molar-refractivity contribution in [3.63, 3.8) is 0 Å². The number of carbonyl (C=O) groups excluding carboxylic acids is 2. The molecule has 0 spiro atoms. The average Bonchev–Trinajstić information content (AvgIpc) is 3.10. The van der Waals surface area contributed by atoms with Gasteiger partial charge in [-0.3, -0.25) is 20.4 Å². The molecule has 120 valence electrons. The summed E-state index contributed by atoms with van der Waals surface area (Å²) in [6, 6.07) is 10.9. The number of hydrogen-bond donors (Lipinski definition) is 2. The Kier molecular flexibility index (Phi) is 5.99. The number of ether oxygens (including phenoxy) is 1. The summed E-state index contributed by atoms with van der Waals surface area (Å²) in [6.45, 7) is 1.87. The maximum absolute atomic E-state index is 11.6. The van der Waals surface area contributed by atoms with Crippen molar-refractivity contribution in [3.05, 3.63) is 60.1 Å². The lowest BCUT2D eigenvalue weighted by molar-refractivity contribution is -0.128. The van der Waals surface area contributed by atoms with Crippen LogP contribution in [0.5, 0.6) is 5.75 Å². The van der Waals surface area contributed by atoms with Gasteiger partial charge in [0.05, 0.1) is 6.26 Å². The lowest BCUT2D eigenvalue weighted by Gasteiger charge is -2.08. The molecular weight excluding hydrogens is 296 g/mol. The molecule has 0 saturated heterocycles. The molecule has 6 heteroatoms. The summed E-state index contributed by atoms with van der Waals surface area (Å²) >= 11 is 0. The second-order valence-electron chi connectivity index (χ2n) is 4.67. The van der Waals surface area contributed by atoms with Crippen molar-refractivity contribution < 1.29 is 18.7 Å². The molecule has 23 heavy (non-hydrogen) atoms. The molecule has 0 saturated carbocycles. The van der Waals surface area contributed by atoms with Gasteiger partial charge < -0.3 is 9.15 Å². The molecule has 0 atom stereocenters. The van der Waals surface area contributed by atoms with Crippen LogP contribution in [0.1, 0.15) is 18.2 Å². The number of nitrogens with one attached hydrogen (secondary N) is 2. The Balaban J connectivity index is 1.69. The van der Waals surface area contributed by atoms with Crippen LogP contribution in [0.25, 0.3) is 6.08 Å². The topological polar surface area (TPSA) is 80.6 Å². The SMILES string of the molecule is CCc1ccc(OCC(=O)NNC(=O)C=Cc2ccco2)cc1. The van der Waals surface area contributed by atoms with Crippen molar-refractivity contribution in [1.82, 2.24) is 10.9 Å². The standard InChI is InChI=1S/C17H18N2O4/c1-2-13-5-7-15(8-6-13)23-12-17(21)19-18-16(20)10-9-14-4-3-11-22-14/h3-11H,2,12H2,1H3,(H,18,20)(H,19,21). The van der Waals surface area contributed by atoms with E-state index in [2.05, 4.69) is 17.8 Å². The third-order valence-electron chi connectivity index (χ3n) is 2.97. The zero-order valence-electron chi connectivity index (χ0n) is 12.7. The Labute approximate surface area is 134 Å². The van der Waals surface area contributed by atoms with Crippen LogP contribution in [0.4, 0.5) is 0 Å². The van der Waals surface area contributed by atoms with Gasteiger partial charge in [-0.1, -0.05) is 19.1 Å². The summed E-state index contributed by atoms with van der Waals surface area (Å²) in [5.74, 6) is 0.220. The summed E-state index contributed by atoms with van der Waals surface area (Å²) in [4.78, 5) is 23.1. The fourth-order valence-corrected chi connectivity index (χ4v) is 1.72. The van der Waals surface area contributed by atoms with Crippen molar-refractivity contribution in [2.45, 2.75) is 13.3 Å². The van der Waals surface area contributed by atoms with Crippen LogP contribution in [0.15, 0.2) is 53.2 Å². The number of benzene rings is 1. The molecule has 1 heterocycles. The van der Waals surface area contributed by atoms with Gasteiger partial charge in [-0.15, -0.1) is 0 Å². The van der Waals surface area contributed by atoms with Gasteiger partial charge >= 0.3 is 0 Å². The molecule has 0 fully saturated rings. The first-order chi connectivity index (χ1) is 11.2. The van der Waals surface area contributed by atoms with Crippen LogP contribution in [0, 0.1) is 0 Å². The van der Waals surface area contributed by atoms with Crippen LogP contribution in [0.2, 0.25) is 0 Å². The molecular formula is C17H18N2O4. The molecule has 0 aliphatic heterocycles. The number of carbonyl (C=O) groups is 2. The maximum Gasteiger partial charge on any atom is 0.276 e. The molecule has 2 N–H and O–H groups in total. The van der Waals surface area contributed by atoms with Gasteiger partial charge in [-0.05, 0) is 42.3 Å². The van der Waals surface area contributed by atoms with Gasteiger partial charge in [-0.2, -0.15) is 0 Å². The third-order valence-corrected chi connectivity index (χ3v) is 2.97. The van der Waals surface area contributed by atoms with Crippen LogP contribution in [-0.2, 0) is 16.0 Å². The van der Waals surface area contributed by atoms with E-state index in [0.717, 1.165) is 6.42 Å². The number of amides is 2. The predicted octanol–water partition coefficient (Wildman–Crippen LogP) is 2.08. The van der Waals surface area contributed by atoms with Crippen LogP contribution >= 0.6 is 0 Å². The minimum Gasteiger partial charge on any atom is -0.484 e. The van der Waals surface area contributed by atoms with Crippen molar-refractivity contribution in [1.29, 1.82) is 0 Å². The fraction of sp³-hybridized carbons (Fsp3) is 0.176. The molecule has 0 unspecified atom stereocenters. The predicted molar refractivity (Wildman–Crippen MR) is 85.3 cm³/mol. The second-order valence-corrected chi connectivity index (χ2v) is 4.67. The Hall–Kier alpha value is -3.02. The van der Waals surface area contributed by atoms with Crippen LogP contribution in [-0.4, -0.2) is 18.4 Å². The number of furan rings is 1. The zero-order chi connectivity index (χ0) is 16.5. The van der Waals surface area contributed by atoms with E-state index in [1.807, 2.05) is 12.1 Å². The molecule has 2 aromatic rings. The first-order valence-electron chi connectivity index (χ1n) is 7.19. The van der Waals surface area contributed by atoms with E-state index >= 15 is 0 Å². The van der Waals surface area contributed by atoms with Gasteiger partial charge in [0.15, 0.2) is 6.61 Å². The quantitative estimate of drug-likeness (QED) is 0.632. The first kappa shape index (κ1) is 16.4. The second kappa shape index (κ2) is 8.43. The van der Waals surface area contributed by atoms with Crippen molar-refractivity contribution in [3.8, 4) is 5.75 Å². The average molecular weight is 314 g/mol. The van der Waals surface area contributed by atoms with Gasteiger partial charge in [-0.25, -0.2) is 0 Å². The van der Waals surface area contributed by atoms with E-state index in [-0.39, 0.29) is 6.61 Å². The van der Waals surface area contributed by atoms with Gasteiger partial charge in [0.1, 0.15) is 11.5 Å². The van der Waals surface area contributed by atoms with Crippen LogP contribution < -0.4 is 15.6 Å². The highest BCUT2D eigenvalue weighted by atomic mass is 16.5. The summed E-state index contributed by atoms with van der Waals surface area (Å²) in [5, 5.41) is 0. The summed E-state index contributed by atoms with van der Waals surface area (Å²) in [6.07, 6.45) is 5.19. The van der Waals surface area contributed by atoms with Crippen LogP contribution in [0.3, 0.4) is 0 Å². The minimum absolute atomic E-state index is 0.187. The molecule has 0 aliphatic rings. The number of rotatable bonds is 6. The lowest BCUT2D eigenvalue weighted by atomic mass is 10.2. The van der Waals surface area contributed by atoms with Crippen molar-refractivity contribution in [2.24, 2.45) is 0 Å². The zero-order valence-corrected chi connectivity index (χ0v) is 12.7. The molecule has 1 aromatic carbocycles.